The van der Waals surface area contributed by atoms with Gasteiger partial charge in [0.1, 0.15) is 30.0 Å². The Hall–Kier alpha value is -3.27. The Balaban J connectivity index is 1.54. The standard InChI is InChI=1S/C32H38N2O6/c1-32(39-27(21-36-2)28(40-32)22-37-3)30-29(31(35)34(30)25-15-17-26(38-4)18-16-25)33(19-23-11-7-5-8-12-23)20-24-13-9-6-10-14-24/h5-18,27-30H,19-22H2,1-4H3. The van der Waals surface area contributed by atoms with Gasteiger partial charge in [-0.2, -0.15) is 0 Å². The highest BCUT2D eigenvalue weighted by Crippen LogP contribution is 2.45. The quantitative estimate of drug-likeness (QED) is 0.314. The normalized spacial score (nSPS) is 26.2. The van der Waals surface area contributed by atoms with Crippen molar-refractivity contribution >= 4 is 11.6 Å². The van der Waals surface area contributed by atoms with E-state index in [1.807, 2.05) is 67.6 Å². The molecular weight excluding hydrogens is 508 g/mol. The molecule has 2 aliphatic rings. The topological polar surface area (TPSA) is 69.7 Å². The molecule has 3 aromatic carbocycles. The van der Waals surface area contributed by atoms with Crippen molar-refractivity contribution in [2.75, 3.05) is 39.4 Å². The van der Waals surface area contributed by atoms with Crippen molar-refractivity contribution < 1.29 is 28.5 Å². The van der Waals surface area contributed by atoms with Crippen LogP contribution in [-0.2, 0) is 36.8 Å². The number of amides is 1. The van der Waals surface area contributed by atoms with E-state index in [-0.39, 0.29) is 18.1 Å². The number of ether oxygens (including phenoxy) is 5. The predicted molar refractivity (Wildman–Crippen MR) is 152 cm³/mol. The number of hydrogen-bond acceptors (Lipinski definition) is 7. The monoisotopic (exact) mass is 546 g/mol. The first kappa shape index (κ1) is 28.3. The van der Waals surface area contributed by atoms with Crippen molar-refractivity contribution in [3.63, 3.8) is 0 Å². The van der Waals surface area contributed by atoms with E-state index in [0.29, 0.717) is 26.3 Å². The van der Waals surface area contributed by atoms with E-state index in [4.69, 9.17) is 23.7 Å². The Morgan fingerprint density at radius 1 is 0.775 bits per heavy atom. The van der Waals surface area contributed by atoms with Crippen LogP contribution in [0.4, 0.5) is 5.69 Å². The summed E-state index contributed by atoms with van der Waals surface area (Å²) < 4.78 is 29.5. The molecule has 2 fully saturated rings. The van der Waals surface area contributed by atoms with Gasteiger partial charge >= 0.3 is 0 Å². The number of hydrogen-bond donors (Lipinski definition) is 0. The van der Waals surface area contributed by atoms with Crippen LogP contribution in [0.25, 0.3) is 0 Å². The van der Waals surface area contributed by atoms with Crippen molar-refractivity contribution in [3.8, 4) is 5.75 Å². The van der Waals surface area contributed by atoms with Crippen molar-refractivity contribution in [1.29, 1.82) is 0 Å². The third kappa shape index (κ3) is 5.77. The lowest BCUT2D eigenvalue weighted by Gasteiger charge is -2.55. The molecule has 0 radical (unpaired) electrons. The van der Waals surface area contributed by atoms with Crippen LogP contribution in [0.1, 0.15) is 18.1 Å². The van der Waals surface area contributed by atoms with Gasteiger partial charge in [-0.25, -0.2) is 0 Å². The molecule has 2 aliphatic heterocycles. The highest BCUT2D eigenvalue weighted by molar-refractivity contribution is 6.06. The molecule has 40 heavy (non-hydrogen) atoms. The van der Waals surface area contributed by atoms with E-state index in [1.54, 1.807) is 26.2 Å². The zero-order valence-corrected chi connectivity index (χ0v) is 23.6. The summed E-state index contributed by atoms with van der Waals surface area (Å²) in [5.41, 5.74) is 3.01. The van der Waals surface area contributed by atoms with Crippen LogP contribution in [0.3, 0.4) is 0 Å². The Kier molecular flexibility index (Phi) is 8.83. The van der Waals surface area contributed by atoms with Crippen molar-refractivity contribution in [2.45, 2.75) is 50.1 Å². The minimum absolute atomic E-state index is 0.00561. The number of carbonyl (C=O) groups is 1. The van der Waals surface area contributed by atoms with E-state index in [0.717, 1.165) is 22.6 Å². The first-order valence-corrected chi connectivity index (χ1v) is 13.6. The molecule has 5 rings (SSSR count). The van der Waals surface area contributed by atoms with E-state index >= 15 is 0 Å². The molecule has 2 saturated heterocycles. The summed E-state index contributed by atoms with van der Waals surface area (Å²) in [5.74, 6) is -0.385. The molecule has 0 saturated carbocycles. The Bertz CT molecular complexity index is 1180. The maximum absolute atomic E-state index is 14.2. The van der Waals surface area contributed by atoms with Gasteiger partial charge in [0.15, 0.2) is 5.79 Å². The van der Waals surface area contributed by atoms with Gasteiger partial charge in [0.25, 0.3) is 0 Å². The van der Waals surface area contributed by atoms with Crippen molar-refractivity contribution in [3.05, 3.63) is 96.1 Å². The second-order valence-electron chi connectivity index (χ2n) is 10.4. The predicted octanol–water partition coefficient (Wildman–Crippen LogP) is 4.27. The number of anilines is 1. The lowest BCUT2D eigenvalue weighted by molar-refractivity contribution is -0.207. The highest BCUT2D eigenvalue weighted by atomic mass is 16.8. The molecule has 0 bridgehead atoms. The molecule has 4 unspecified atom stereocenters. The third-order valence-corrected chi connectivity index (χ3v) is 7.65. The maximum atomic E-state index is 14.2. The molecule has 1 amide bonds. The van der Waals surface area contributed by atoms with Gasteiger partial charge in [-0.15, -0.1) is 0 Å². The number of nitrogens with zero attached hydrogens (tertiary/aromatic N) is 2. The average molecular weight is 547 g/mol. The van der Waals surface area contributed by atoms with Crippen LogP contribution < -0.4 is 9.64 Å². The SMILES string of the molecule is COCC1OC(C)(C2C(N(Cc3ccccc3)Cc3ccccc3)C(=O)N2c2ccc(OC)cc2)OC1COC. The zero-order chi connectivity index (χ0) is 28.1. The van der Waals surface area contributed by atoms with Gasteiger partial charge in [0, 0.05) is 33.0 Å². The second-order valence-corrected chi connectivity index (χ2v) is 10.4. The van der Waals surface area contributed by atoms with Crippen LogP contribution in [0, 0.1) is 0 Å². The average Bonchev–Trinajstić information content (AvgIpc) is 3.28. The minimum atomic E-state index is -1.10. The summed E-state index contributed by atoms with van der Waals surface area (Å²) in [5, 5.41) is 0. The molecular formula is C32H38N2O6. The van der Waals surface area contributed by atoms with Gasteiger partial charge in [0.05, 0.1) is 20.3 Å². The number of benzene rings is 3. The van der Waals surface area contributed by atoms with Gasteiger partial charge in [0.2, 0.25) is 5.91 Å². The Morgan fingerprint density at radius 3 is 1.73 bits per heavy atom. The summed E-state index contributed by atoms with van der Waals surface area (Å²) in [6.07, 6.45) is -0.665. The minimum Gasteiger partial charge on any atom is -0.497 e. The molecule has 3 aromatic rings. The van der Waals surface area contributed by atoms with Crippen LogP contribution in [0.5, 0.6) is 5.75 Å². The molecule has 2 heterocycles. The van der Waals surface area contributed by atoms with Gasteiger partial charge in [-0.3, -0.25) is 9.69 Å². The van der Waals surface area contributed by atoms with Gasteiger partial charge in [-0.05, 0) is 42.3 Å². The van der Waals surface area contributed by atoms with Crippen LogP contribution in [0.15, 0.2) is 84.9 Å². The molecule has 4 atom stereocenters. The first-order valence-electron chi connectivity index (χ1n) is 13.6. The molecule has 0 aromatic heterocycles. The summed E-state index contributed by atoms with van der Waals surface area (Å²) in [6.45, 7) is 3.83. The number of carbonyl (C=O) groups excluding carboxylic acids is 1. The Labute approximate surface area is 236 Å². The van der Waals surface area contributed by atoms with Crippen molar-refractivity contribution in [1.82, 2.24) is 4.90 Å². The summed E-state index contributed by atoms with van der Waals surface area (Å²) in [4.78, 5) is 18.2. The molecule has 0 N–H and O–H groups in total. The highest BCUT2D eigenvalue weighted by Gasteiger charge is 2.64. The number of methoxy groups -OCH3 is 3. The smallest absolute Gasteiger partial charge is 0.247 e. The van der Waals surface area contributed by atoms with E-state index in [2.05, 4.69) is 29.2 Å². The molecule has 8 nitrogen and oxygen atoms in total. The van der Waals surface area contributed by atoms with Crippen LogP contribution in [-0.4, -0.2) is 75.4 Å². The third-order valence-electron chi connectivity index (χ3n) is 7.65. The maximum Gasteiger partial charge on any atom is 0.247 e. The second kappa shape index (κ2) is 12.5. The molecule has 0 aliphatic carbocycles. The fraction of sp³-hybridized carbons (Fsp3) is 0.406. The largest absolute Gasteiger partial charge is 0.497 e. The lowest BCUT2D eigenvalue weighted by atomic mass is 9.85. The summed E-state index contributed by atoms with van der Waals surface area (Å²) in [6, 6.07) is 27.0. The van der Waals surface area contributed by atoms with E-state index < -0.39 is 17.9 Å². The Morgan fingerprint density at radius 2 is 1.27 bits per heavy atom. The van der Waals surface area contributed by atoms with E-state index in [1.165, 1.54) is 0 Å². The van der Waals surface area contributed by atoms with E-state index in [9.17, 15) is 4.79 Å². The van der Waals surface area contributed by atoms with Gasteiger partial charge in [-0.1, -0.05) is 60.7 Å². The summed E-state index contributed by atoms with van der Waals surface area (Å²) >= 11 is 0. The lowest BCUT2D eigenvalue weighted by Crippen LogP contribution is -2.77. The van der Waals surface area contributed by atoms with Crippen molar-refractivity contribution in [2.24, 2.45) is 0 Å². The van der Waals surface area contributed by atoms with Crippen LogP contribution in [0.2, 0.25) is 0 Å². The van der Waals surface area contributed by atoms with Gasteiger partial charge < -0.3 is 28.6 Å². The molecule has 8 heteroatoms. The fourth-order valence-electron chi connectivity index (χ4n) is 5.80. The summed E-state index contributed by atoms with van der Waals surface area (Å²) in [7, 11) is 4.91. The molecule has 0 spiro atoms. The number of β-lactam (4-membered cyclic amide) rings is 1. The molecule has 212 valence electrons. The zero-order valence-electron chi connectivity index (χ0n) is 23.6. The first-order chi connectivity index (χ1) is 19.5. The fourth-order valence-corrected chi connectivity index (χ4v) is 5.80. The number of rotatable bonds is 12. The van der Waals surface area contributed by atoms with Crippen LogP contribution >= 0.6 is 0 Å².